The molecule has 0 aliphatic carbocycles. The van der Waals surface area contributed by atoms with Crippen LogP contribution in [-0.4, -0.2) is 30.4 Å². The van der Waals surface area contributed by atoms with Gasteiger partial charge in [-0.25, -0.2) is 4.79 Å². The Hall–Kier alpha value is -1.06. The van der Waals surface area contributed by atoms with Crippen molar-refractivity contribution in [1.82, 2.24) is 10.2 Å². The molecule has 2 N–H and O–H groups in total. The first-order valence-corrected chi connectivity index (χ1v) is 3.12. The predicted molar refractivity (Wildman–Crippen MR) is 40.2 cm³/mol. The largest absolute Gasteiger partial charge is 0.336 e. The minimum absolute atomic E-state index is 0.120. The first kappa shape index (κ1) is 8.94. The van der Waals surface area contributed by atoms with E-state index in [1.54, 1.807) is 0 Å². The standard InChI is InChI=1S/C6H13N3O/c1-5(2)8-6(10)9(3)4-7/h4-5,7H,1-3H3,(H,8,10). The van der Waals surface area contributed by atoms with E-state index in [9.17, 15) is 4.79 Å². The number of nitrogens with one attached hydrogen (secondary N) is 2. The van der Waals surface area contributed by atoms with Gasteiger partial charge in [-0.3, -0.25) is 10.3 Å². The van der Waals surface area contributed by atoms with Crippen LogP contribution in [-0.2, 0) is 0 Å². The molecule has 0 atom stereocenters. The molecular weight excluding hydrogens is 130 g/mol. The summed E-state index contributed by atoms with van der Waals surface area (Å²) < 4.78 is 0. The molecule has 0 aromatic carbocycles. The lowest BCUT2D eigenvalue weighted by atomic mass is 10.4. The van der Waals surface area contributed by atoms with E-state index in [-0.39, 0.29) is 12.1 Å². The molecule has 4 nitrogen and oxygen atoms in total. The van der Waals surface area contributed by atoms with Crippen molar-refractivity contribution in [3.05, 3.63) is 0 Å². The second-order valence-corrected chi connectivity index (χ2v) is 2.34. The Bertz CT molecular complexity index is 133. The normalized spacial score (nSPS) is 9.20. The SMILES string of the molecule is CC(C)NC(=O)N(C)C=N. The Morgan fingerprint density at radius 1 is 1.70 bits per heavy atom. The third kappa shape index (κ3) is 3.06. The minimum Gasteiger partial charge on any atom is -0.336 e. The quantitative estimate of drug-likeness (QED) is 0.432. The van der Waals surface area contributed by atoms with E-state index in [0.717, 1.165) is 6.34 Å². The van der Waals surface area contributed by atoms with Crippen LogP contribution < -0.4 is 5.32 Å². The molecule has 0 heterocycles. The van der Waals surface area contributed by atoms with Crippen LogP contribution in [0.5, 0.6) is 0 Å². The Kier molecular flexibility index (Phi) is 3.46. The fraction of sp³-hybridized carbons (Fsp3) is 0.667. The number of nitrogens with zero attached hydrogens (tertiary/aromatic N) is 1. The number of urea groups is 1. The number of carbonyl (C=O) groups excluding carboxylic acids is 1. The topological polar surface area (TPSA) is 56.2 Å². The summed E-state index contributed by atoms with van der Waals surface area (Å²) >= 11 is 0. The van der Waals surface area contributed by atoms with Gasteiger partial charge in [0.1, 0.15) is 0 Å². The van der Waals surface area contributed by atoms with E-state index in [1.807, 2.05) is 13.8 Å². The smallest absolute Gasteiger partial charge is 0.322 e. The van der Waals surface area contributed by atoms with E-state index in [1.165, 1.54) is 11.9 Å². The van der Waals surface area contributed by atoms with Crippen LogP contribution in [0.1, 0.15) is 13.8 Å². The van der Waals surface area contributed by atoms with Crippen molar-refractivity contribution in [3.63, 3.8) is 0 Å². The molecule has 0 unspecified atom stereocenters. The zero-order chi connectivity index (χ0) is 8.15. The average molecular weight is 143 g/mol. The number of carbonyl (C=O) groups is 1. The molecule has 0 saturated heterocycles. The van der Waals surface area contributed by atoms with E-state index in [0.29, 0.717) is 0 Å². The number of hydrogen-bond donors (Lipinski definition) is 2. The summed E-state index contributed by atoms with van der Waals surface area (Å²) in [6, 6.07) is -0.125. The fourth-order valence-electron chi connectivity index (χ4n) is 0.407. The summed E-state index contributed by atoms with van der Waals surface area (Å²) in [5.41, 5.74) is 0. The van der Waals surface area contributed by atoms with E-state index in [2.05, 4.69) is 5.32 Å². The van der Waals surface area contributed by atoms with Gasteiger partial charge in [0.05, 0.1) is 6.34 Å². The maximum absolute atomic E-state index is 10.8. The van der Waals surface area contributed by atoms with Crippen molar-refractivity contribution in [2.45, 2.75) is 19.9 Å². The molecule has 0 radical (unpaired) electrons. The minimum atomic E-state index is -0.245. The lowest BCUT2D eigenvalue weighted by Crippen LogP contribution is -2.39. The lowest BCUT2D eigenvalue weighted by Gasteiger charge is -2.13. The lowest BCUT2D eigenvalue weighted by molar-refractivity contribution is 0.225. The second kappa shape index (κ2) is 3.87. The third-order valence-electron chi connectivity index (χ3n) is 0.926. The molecule has 0 aromatic rings. The van der Waals surface area contributed by atoms with Gasteiger partial charge in [-0.2, -0.15) is 0 Å². The van der Waals surface area contributed by atoms with Crippen molar-refractivity contribution in [2.24, 2.45) is 0 Å². The molecule has 0 saturated carbocycles. The van der Waals surface area contributed by atoms with Gasteiger partial charge in [-0.1, -0.05) is 0 Å². The van der Waals surface area contributed by atoms with Crippen LogP contribution in [0.25, 0.3) is 0 Å². The maximum Gasteiger partial charge on any atom is 0.322 e. The fourth-order valence-corrected chi connectivity index (χ4v) is 0.407. The summed E-state index contributed by atoms with van der Waals surface area (Å²) in [5, 5.41) is 9.35. The van der Waals surface area contributed by atoms with Crippen molar-refractivity contribution in [2.75, 3.05) is 7.05 Å². The molecule has 0 rings (SSSR count). The highest BCUT2D eigenvalue weighted by Gasteiger charge is 2.04. The highest BCUT2D eigenvalue weighted by molar-refractivity contribution is 5.85. The van der Waals surface area contributed by atoms with Crippen molar-refractivity contribution >= 4 is 12.4 Å². The first-order valence-electron chi connectivity index (χ1n) is 3.12. The molecule has 0 bridgehead atoms. The molecular formula is C6H13N3O. The molecule has 0 aliphatic rings. The van der Waals surface area contributed by atoms with Crippen LogP contribution >= 0.6 is 0 Å². The molecule has 0 spiro atoms. The molecule has 58 valence electrons. The Labute approximate surface area is 60.7 Å². The van der Waals surface area contributed by atoms with E-state index < -0.39 is 0 Å². The molecule has 2 amide bonds. The maximum atomic E-state index is 10.8. The summed E-state index contributed by atoms with van der Waals surface area (Å²) in [6.07, 6.45) is 0.970. The van der Waals surface area contributed by atoms with Crippen LogP contribution in [0.2, 0.25) is 0 Å². The summed E-state index contributed by atoms with van der Waals surface area (Å²) in [4.78, 5) is 12.0. The Morgan fingerprint density at radius 2 is 2.20 bits per heavy atom. The van der Waals surface area contributed by atoms with Gasteiger partial charge >= 0.3 is 6.03 Å². The monoisotopic (exact) mass is 143 g/mol. The van der Waals surface area contributed by atoms with Crippen LogP contribution in [0, 0.1) is 5.41 Å². The van der Waals surface area contributed by atoms with E-state index in [4.69, 9.17) is 5.41 Å². The molecule has 10 heavy (non-hydrogen) atoms. The van der Waals surface area contributed by atoms with Crippen molar-refractivity contribution in [1.29, 1.82) is 5.41 Å². The van der Waals surface area contributed by atoms with Gasteiger partial charge in [0, 0.05) is 13.1 Å². The first-order chi connectivity index (χ1) is 4.57. The van der Waals surface area contributed by atoms with Gasteiger partial charge < -0.3 is 5.32 Å². The van der Waals surface area contributed by atoms with Gasteiger partial charge in [-0.05, 0) is 13.8 Å². The number of rotatable bonds is 2. The highest BCUT2D eigenvalue weighted by atomic mass is 16.2. The third-order valence-corrected chi connectivity index (χ3v) is 0.926. The van der Waals surface area contributed by atoms with Gasteiger partial charge in [0.15, 0.2) is 0 Å². The molecule has 0 fully saturated rings. The Morgan fingerprint density at radius 3 is 2.50 bits per heavy atom. The average Bonchev–Trinajstić information content (AvgIpc) is 1.85. The molecule has 0 aliphatic heterocycles. The van der Waals surface area contributed by atoms with Gasteiger partial charge in [0.25, 0.3) is 0 Å². The summed E-state index contributed by atoms with van der Waals surface area (Å²) in [7, 11) is 1.53. The molecule has 4 heteroatoms. The van der Waals surface area contributed by atoms with Gasteiger partial charge in [0.2, 0.25) is 0 Å². The van der Waals surface area contributed by atoms with Crippen molar-refractivity contribution < 1.29 is 4.79 Å². The summed E-state index contributed by atoms with van der Waals surface area (Å²) in [5.74, 6) is 0. The highest BCUT2D eigenvalue weighted by Crippen LogP contribution is 1.81. The van der Waals surface area contributed by atoms with Gasteiger partial charge in [-0.15, -0.1) is 0 Å². The zero-order valence-corrected chi connectivity index (χ0v) is 6.51. The molecule has 0 aromatic heterocycles. The van der Waals surface area contributed by atoms with Crippen molar-refractivity contribution in [3.8, 4) is 0 Å². The van der Waals surface area contributed by atoms with Crippen LogP contribution in [0.3, 0.4) is 0 Å². The van der Waals surface area contributed by atoms with Crippen LogP contribution in [0.15, 0.2) is 0 Å². The predicted octanol–water partition coefficient (Wildman–Crippen LogP) is 0.643. The Balaban J connectivity index is 3.73. The second-order valence-electron chi connectivity index (χ2n) is 2.34. The number of hydrogen-bond acceptors (Lipinski definition) is 2. The number of amides is 2. The van der Waals surface area contributed by atoms with Crippen LogP contribution in [0.4, 0.5) is 4.79 Å². The zero-order valence-electron chi connectivity index (χ0n) is 6.51. The summed E-state index contributed by atoms with van der Waals surface area (Å²) in [6.45, 7) is 3.74. The van der Waals surface area contributed by atoms with E-state index >= 15 is 0 Å².